The van der Waals surface area contributed by atoms with Crippen molar-refractivity contribution in [2.45, 2.75) is 19.9 Å². The van der Waals surface area contributed by atoms with Gasteiger partial charge in [-0.3, -0.25) is 18.8 Å². The minimum absolute atomic E-state index is 0.249. The summed E-state index contributed by atoms with van der Waals surface area (Å²) in [6.45, 7) is 5.44. The quantitative estimate of drug-likeness (QED) is 0.866. The SMILES string of the molecule is Cc1ccc(NC[C@@H]2CCN(Cc3cc(=O)n(C)c(=O)n3C)C2)nc1. The molecule has 0 bridgehead atoms. The number of pyridine rings is 1. The van der Waals surface area contributed by atoms with Crippen LogP contribution in [0, 0.1) is 12.8 Å². The van der Waals surface area contributed by atoms with Crippen LogP contribution in [0.5, 0.6) is 0 Å². The molecule has 1 atom stereocenters. The number of nitrogens with one attached hydrogen (secondary N) is 1. The Kier molecular flexibility index (Phi) is 5.03. The van der Waals surface area contributed by atoms with Crippen LogP contribution < -0.4 is 16.6 Å². The van der Waals surface area contributed by atoms with Crippen LogP contribution in [0.1, 0.15) is 17.7 Å². The number of anilines is 1. The molecule has 2 aromatic rings. The van der Waals surface area contributed by atoms with E-state index in [1.807, 2.05) is 25.3 Å². The zero-order valence-corrected chi connectivity index (χ0v) is 15.0. The minimum Gasteiger partial charge on any atom is -0.370 e. The van der Waals surface area contributed by atoms with Crippen molar-refractivity contribution >= 4 is 5.82 Å². The molecule has 7 nitrogen and oxygen atoms in total. The molecule has 134 valence electrons. The van der Waals surface area contributed by atoms with Gasteiger partial charge in [0.1, 0.15) is 5.82 Å². The number of aromatic nitrogens is 3. The Morgan fingerprint density at radius 3 is 2.76 bits per heavy atom. The molecule has 3 rings (SSSR count). The van der Waals surface area contributed by atoms with E-state index in [0.717, 1.165) is 47.7 Å². The van der Waals surface area contributed by atoms with Crippen LogP contribution in [0.4, 0.5) is 5.82 Å². The van der Waals surface area contributed by atoms with Gasteiger partial charge in [-0.25, -0.2) is 9.78 Å². The molecule has 0 radical (unpaired) electrons. The molecule has 2 aromatic heterocycles. The van der Waals surface area contributed by atoms with E-state index in [4.69, 9.17) is 0 Å². The van der Waals surface area contributed by atoms with Crippen molar-refractivity contribution in [3.8, 4) is 0 Å². The Bertz CT molecular complexity index is 853. The lowest BCUT2D eigenvalue weighted by molar-refractivity contribution is 0.308. The average Bonchev–Trinajstić information content (AvgIpc) is 3.05. The van der Waals surface area contributed by atoms with Gasteiger partial charge in [0.2, 0.25) is 0 Å². The van der Waals surface area contributed by atoms with Gasteiger partial charge >= 0.3 is 5.69 Å². The summed E-state index contributed by atoms with van der Waals surface area (Å²) in [4.78, 5) is 30.5. The maximum Gasteiger partial charge on any atom is 0.330 e. The van der Waals surface area contributed by atoms with Gasteiger partial charge in [0.05, 0.1) is 0 Å². The molecular formula is C18H25N5O2. The topological polar surface area (TPSA) is 72.2 Å². The second-order valence-corrected chi connectivity index (χ2v) is 6.87. The highest BCUT2D eigenvalue weighted by Gasteiger charge is 2.23. The van der Waals surface area contributed by atoms with Crippen LogP contribution >= 0.6 is 0 Å². The maximum atomic E-state index is 12.0. The summed E-state index contributed by atoms with van der Waals surface area (Å²) in [5.41, 5.74) is 1.39. The van der Waals surface area contributed by atoms with E-state index in [1.54, 1.807) is 17.7 Å². The van der Waals surface area contributed by atoms with Gasteiger partial charge in [0.15, 0.2) is 0 Å². The van der Waals surface area contributed by atoms with Crippen LogP contribution in [-0.2, 0) is 20.6 Å². The first-order chi connectivity index (χ1) is 11.9. The lowest BCUT2D eigenvalue weighted by Gasteiger charge is -2.18. The Labute approximate surface area is 146 Å². The average molecular weight is 343 g/mol. The van der Waals surface area contributed by atoms with E-state index in [0.29, 0.717) is 12.5 Å². The molecule has 3 heterocycles. The van der Waals surface area contributed by atoms with Crippen molar-refractivity contribution in [2.24, 2.45) is 20.0 Å². The fourth-order valence-corrected chi connectivity index (χ4v) is 3.20. The van der Waals surface area contributed by atoms with Gasteiger partial charge in [0, 0.05) is 51.7 Å². The van der Waals surface area contributed by atoms with Crippen LogP contribution in [0.3, 0.4) is 0 Å². The van der Waals surface area contributed by atoms with Crippen molar-refractivity contribution in [2.75, 3.05) is 25.0 Å². The lowest BCUT2D eigenvalue weighted by Crippen LogP contribution is -2.39. The van der Waals surface area contributed by atoms with Crippen molar-refractivity contribution < 1.29 is 0 Å². The van der Waals surface area contributed by atoms with E-state index >= 15 is 0 Å². The molecule has 0 aliphatic carbocycles. The molecule has 1 aliphatic rings. The monoisotopic (exact) mass is 343 g/mol. The summed E-state index contributed by atoms with van der Waals surface area (Å²) in [5, 5.41) is 3.39. The molecular weight excluding hydrogens is 318 g/mol. The van der Waals surface area contributed by atoms with Gasteiger partial charge in [-0.15, -0.1) is 0 Å². The predicted octanol–water partition coefficient (Wildman–Crippen LogP) is 0.721. The van der Waals surface area contributed by atoms with E-state index in [1.165, 1.54) is 7.05 Å². The Hall–Kier alpha value is -2.41. The maximum absolute atomic E-state index is 12.0. The normalized spacial score (nSPS) is 17.8. The molecule has 7 heteroatoms. The lowest BCUT2D eigenvalue weighted by atomic mass is 10.1. The Morgan fingerprint density at radius 1 is 1.24 bits per heavy atom. The highest BCUT2D eigenvalue weighted by molar-refractivity contribution is 5.35. The van der Waals surface area contributed by atoms with E-state index in [9.17, 15) is 9.59 Å². The van der Waals surface area contributed by atoms with Crippen molar-refractivity contribution in [3.63, 3.8) is 0 Å². The summed E-state index contributed by atoms with van der Waals surface area (Å²) in [7, 11) is 3.22. The molecule has 0 amide bonds. The second kappa shape index (κ2) is 7.23. The van der Waals surface area contributed by atoms with Gasteiger partial charge in [-0.1, -0.05) is 6.07 Å². The summed E-state index contributed by atoms with van der Waals surface area (Å²) < 4.78 is 2.69. The number of aryl methyl sites for hydroxylation is 1. The second-order valence-electron chi connectivity index (χ2n) is 6.87. The molecule has 1 N–H and O–H groups in total. The number of likely N-dealkylation sites (tertiary alicyclic amines) is 1. The molecule has 1 aliphatic heterocycles. The summed E-state index contributed by atoms with van der Waals surface area (Å²) in [6, 6.07) is 5.60. The standard InChI is InChI=1S/C18H25N5O2/c1-13-4-5-16(19-9-13)20-10-14-6-7-23(11-14)12-15-8-17(24)22(3)18(25)21(15)2/h4-5,8-9,14H,6-7,10-12H2,1-3H3,(H,19,20)/t14-/m0/s1. The summed E-state index contributed by atoms with van der Waals surface area (Å²) in [6.07, 6.45) is 2.96. The highest BCUT2D eigenvalue weighted by Crippen LogP contribution is 2.18. The fraction of sp³-hybridized carbons (Fsp3) is 0.500. The first kappa shape index (κ1) is 17.4. The van der Waals surface area contributed by atoms with Crippen LogP contribution in [0.25, 0.3) is 0 Å². The zero-order chi connectivity index (χ0) is 18.0. The summed E-state index contributed by atoms with van der Waals surface area (Å²) >= 11 is 0. The van der Waals surface area contributed by atoms with Crippen LogP contribution in [0.2, 0.25) is 0 Å². The number of nitrogens with zero attached hydrogens (tertiary/aromatic N) is 4. The predicted molar refractivity (Wildman–Crippen MR) is 97.8 cm³/mol. The zero-order valence-electron chi connectivity index (χ0n) is 15.0. The first-order valence-electron chi connectivity index (χ1n) is 8.59. The minimum atomic E-state index is -0.273. The molecule has 0 unspecified atom stereocenters. The van der Waals surface area contributed by atoms with Gasteiger partial charge in [-0.2, -0.15) is 0 Å². The van der Waals surface area contributed by atoms with Gasteiger partial charge in [0.25, 0.3) is 5.56 Å². The highest BCUT2D eigenvalue weighted by atomic mass is 16.2. The molecule has 0 spiro atoms. The van der Waals surface area contributed by atoms with Crippen molar-refractivity contribution in [3.05, 3.63) is 56.5 Å². The smallest absolute Gasteiger partial charge is 0.330 e. The van der Waals surface area contributed by atoms with Crippen molar-refractivity contribution in [1.29, 1.82) is 0 Å². The Morgan fingerprint density at radius 2 is 2.04 bits per heavy atom. The fourth-order valence-electron chi connectivity index (χ4n) is 3.20. The third-order valence-corrected chi connectivity index (χ3v) is 4.86. The first-order valence-corrected chi connectivity index (χ1v) is 8.59. The van der Waals surface area contributed by atoms with Crippen LogP contribution in [0.15, 0.2) is 34.0 Å². The molecule has 1 fully saturated rings. The summed E-state index contributed by atoms with van der Waals surface area (Å²) in [5.74, 6) is 1.43. The van der Waals surface area contributed by atoms with Gasteiger partial charge in [-0.05, 0) is 37.4 Å². The molecule has 1 saturated heterocycles. The number of hydrogen-bond donors (Lipinski definition) is 1. The molecule has 0 aromatic carbocycles. The van der Waals surface area contributed by atoms with Crippen LogP contribution in [-0.4, -0.2) is 38.7 Å². The number of rotatable bonds is 5. The third kappa shape index (κ3) is 3.99. The van der Waals surface area contributed by atoms with E-state index in [2.05, 4.69) is 15.2 Å². The molecule has 25 heavy (non-hydrogen) atoms. The largest absolute Gasteiger partial charge is 0.370 e. The van der Waals surface area contributed by atoms with Crippen molar-refractivity contribution in [1.82, 2.24) is 19.0 Å². The van der Waals surface area contributed by atoms with E-state index in [-0.39, 0.29) is 11.2 Å². The number of hydrogen-bond acceptors (Lipinski definition) is 5. The Balaban J connectivity index is 1.57. The molecule has 0 saturated carbocycles. The van der Waals surface area contributed by atoms with E-state index < -0.39 is 0 Å². The third-order valence-electron chi connectivity index (χ3n) is 4.86. The van der Waals surface area contributed by atoms with Gasteiger partial charge < -0.3 is 5.32 Å².